The van der Waals surface area contributed by atoms with Gasteiger partial charge in [-0.2, -0.15) is 4.98 Å². The predicted octanol–water partition coefficient (Wildman–Crippen LogP) is 3.47. The smallest absolute Gasteiger partial charge is 0.359 e. The van der Waals surface area contributed by atoms with Crippen molar-refractivity contribution in [3.8, 4) is 17.1 Å². The van der Waals surface area contributed by atoms with E-state index in [1.54, 1.807) is 13.2 Å². The highest BCUT2D eigenvalue weighted by Crippen LogP contribution is 2.23. The van der Waals surface area contributed by atoms with E-state index in [9.17, 15) is 4.79 Å². The minimum absolute atomic E-state index is 0.143. The number of hydrogen-bond donors (Lipinski definition) is 0. The summed E-state index contributed by atoms with van der Waals surface area (Å²) in [5, 5.41) is 4.63. The van der Waals surface area contributed by atoms with E-state index in [0.717, 1.165) is 5.56 Å². The van der Waals surface area contributed by atoms with Crippen LogP contribution in [-0.2, 0) is 11.3 Å². The van der Waals surface area contributed by atoms with Gasteiger partial charge in [0, 0.05) is 11.8 Å². The van der Waals surface area contributed by atoms with Gasteiger partial charge in [0.2, 0.25) is 5.82 Å². The number of carbonyl (C=O) groups is 1. The van der Waals surface area contributed by atoms with Crippen LogP contribution in [0.25, 0.3) is 16.9 Å². The van der Waals surface area contributed by atoms with Crippen LogP contribution in [-0.4, -0.2) is 38.9 Å². The zero-order valence-electron chi connectivity index (χ0n) is 15.2. The average Bonchev–Trinajstić information content (AvgIpc) is 3.37. The fraction of sp³-hybridized carbons (Fsp3) is 0.158. The van der Waals surface area contributed by atoms with Gasteiger partial charge in [-0.05, 0) is 30.5 Å². The van der Waals surface area contributed by atoms with Gasteiger partial charge in [0.05, 0.1) is 12.6 Å². The number of nitrogens with zero attached hydrogens (tertiary/aromatic N) is 4. The van der Waals surface area contributed by atoms with Crippen molar-refractivity contribution in [1.82, 2.24) is 19.5 Å². The largest absolute Gasteiger partial charge is 0.497 e. The van der Waals surface area contributed by atoms with Crippen LogP contribution in [0.15, 0.2) is 58.3 Å². The van der Waals surface area contributed by atoms with E-state index in [-0.39, 0.29) is 18.2 Å². The lowest BCUT2D eigenvalue weighted by molar-refractivity contribution is 0.0425. The predicted molar refractivity (Wildman–Crippen MR) is 102 cm³/mol. The molecular formula is C19H16N4O4S. The van der Waals surface area contributed by atoms with Gasteiger partial charge in [0.25, 0.3) is 5.89 Å². The lowest BCUT2D eigenvalue weighted by Gasteiger charge is -2.00. The van der Waals surface area contributed by atoms with Crippen molar-refractivity contribution in [2.45, 2.75) is 11.8 Å². The van der Waals surface area contributed by atoms with Gasteiger partial charge >= 0.3 is 5.97 Å². The SMILES string of the molecule is COc1cccc(-c2noc(COC(=O)c3nc(SC)n4ccccc34)n2)c1. The Labute approximate surface area is 164 Å². The fourth-order valence-electron chi connectivity index (χ4n) is 2.69. The number of pyridine rings is 1. The van der Waals surface area contributed by atoms with Crippen LogP contribution in [0.5, 0.6) is 5.75 Å². The number of aromatic nitrogens is 4. The normalized spacial score (nSPS) is 10.9. The zero-order chi connectivity index (χ0) is 19.5. The number of ether oxygens (including phenoxy) is 2. The molecule has 0 aliphatic heterocycles. The Balaban J connectivity index is 1.50. The van der Waals surface area contributed by atoms with Crippen LogP contribution in [0, 0.1) is 0 Å². The van der Waals surface area contributed by atoms with E-state index in [2.05, 4.69) is 15.1 Å². The second-order valence-corrected chi connectivity index (χ2v) is 6.50. The molecule has 28 heavy (non-hydrogen) atoms. The number of esters is 1. The van der Waals surface area contributed by atoms with Crippen LogP contribution in [0.3, 0.4) is 0 Å². The van der Waals surface area contributed by atoms with Crippen molar-refractivity contribution >= 4 is 23.2 Å². The van der Waals surface area contributed by atoms with Crippen molar-refractivity contribution < 1.29 is 18.8 Å². The van der Waals surface area contributed by atoms with Crippen LogP contribution in [0.2, 0.25) is 0 Å². The van der Waals surface area contributed by atoms with Gasteiger partial charge in [-0.1, -0.05) is 35.1 Å². The molecule has 9 heteroatoms. The summed E-state index contributed by atoms with van der Waals surface area (Å²) in [6.45, 7) is -0.143. The molecule has 0 aliphatic carbocycles. The Hall–Kier alpha value is -3.33. The maximum absolute atomic E-state index is 12.5. The highest BCUT2D eigenvalue weighted by molar-refractivity contribution is 7.98. The molecule has 0 aliphatic rings. The van der Waals surface area contributed by atoms with Gasteiger partial charge in [0.15, 0.2) is 17.5 Å². The Kier molecular flexibility index (Phi) is 4.98. The molecule has 3 aromatic heterocycles. The van der Waals surface area contributed by atoms with Crippen molar-refractivity contribution in [2.24, 2.45) is 0 Å². The number of thioether (sulfide) groups is 1. The van der Waals surface area contributed by atoms with Crippen LogP contribution >= 0.6 is 11.8 Å². The number of benzene rings is 1. The van der Waals surface area contributed by atoms with Gasteiger partial charge in [-0.15, -0.1) is 0 Å². The summed E-state index contributed by atoms with van der Waals surface area (Å²) in [5.41, 5.74) is 1.67. The molecule has 142 valence electrons. The molecule has 1 aromatic carbocycles. The fourth-order valence-corrected chi connectivity index (χ4v) is 3.23. The third-order valence-electron chi connectivity index (χ3n) is 4.01. The second kappa shape index (κ2) is 7.73. The first-order valence-electron chi connectivity index (χ1n) is 8.35. The quantitative estimate of drug-likeness (QED) is 0.361. The number of carbonyl (C=O) groups excluding carboxylic acids is 1. The minimum atomic E-state index is -0.551. The van der Waals surface area contributed by atoms with Gasteiger partial charge in [0.1, 0.15) is 5.75 Å². The first-order valence-corrected chi connectivity index (χ1v) is 9.57. The lowest BCUT2D eigenvalue weighted by atomic mass is 10.2. The van der Waals surface area contributed by atoms with E-state index in [0.29, 0.717) is 22.2 Å². The molecule has 0 bridgehead atoms. The first kappa shape index (κ1) is 18.1. The minimum Gasteiger partial charge on any atom is -0.497 e. The van der Waals surface area contributed by atoms with E-state index >= 15 is 0 Å². The first-order chi connectivity index (χ1) is 13.7. The summed E-state index contributed by atoms with van der Waals surface area (Å²) in [6.07, 6.45) is 3.75. The van der Waals surface area contributed by atoms with Crippen molar-refractivity contribution in [2.75, 3.05) is 13.4 Å². The molecular weight excluding hydrogens is 380 g/mol. The van der Waals surface area contributed by atoms with Gasteiger partial charge in [-0.3, -0.25) is 4.40 Å². The van der Waals surface area contributed by atoms with Crippen LogP contribution < -0.4 is 4.74 Å². The monoisotopic (exact) mass is 396 g/mol. The molecule has 0 radical (unpaired) electrons. The summed E-state index contributed by atoms with van der Waals surface area (Å²) < 4.78 is 17.5. The topological polar surface area (TPSA) is 91.8 Å². The zero-order valence-corrected chi connectivity index (χ0v) is 16.0. The molecule has 8 nitrogen and oxygen atoms in total. The van der Waals surface area contributed by atoms with E-state index in [1.165, 1.54) is 11.8 Å². The van der Waals surface area contributed by atoms with E-state index in [4.69, 9.17) is 14.0 Å². The second-order valence-electron chi connectivity index (χ2n) is 5.72. The van der Waals surface area contributed by atoms with Crippen molar-refractivity contribution in [3.05, 3.63) is 60.2 Å². The van der Waals surface area contributed by atoms with Crippen LogP contribution in [0.4, 0.5) is 0 Å². The van der Waals surface area contributed by atoms with Gasteiger partial charge in [-0.25, -0.2) is 9.78 Å². The summed E-state index contributed by atoms with van der Waals surface area (Å²) in [4.78, 5) is 21.1. The Bertz CT molecular complexity index is 1140. The maximum atomic E-state index is 12.5. The molecule has 4 rings (SSSR count). The highest BCUT2D eigenvalue weighted by atomic mass is 32.2. The molecule has 0 saturated carbocycles. The maximum Gasteiger partial charge on any atom is 0.359 e. The van der Waals surface area contributed by atoms with Crippen molar-refractivity contribution in [3.63, 3.8) is 0 Å². The molecule has 0 spiro atoms. The Morgan fingerprint density at radius 1 is 1.21 bits per heavy atom. The Morgan fingerprint density at radius 3 is 2.93 bits per heavy atom. The summed E-state index contributed by atoms with van der Waals surface area (Å²) >= 11 is 1.45. The van der Waals surface area contributed by atoms with E-state index in [1.807, 2.05) is 53.3 Å². The number of fused-ring (bicyclic) bond motifs is 1. The summed E-state index contributed by atoms with van der Waals surface area (Å²) in [6, 6.07) is 12.8. The Morgan fingerprint density at radius 2 is 2.11 bits per heavy atom. The average molecular weight is 396 g/mol. The lowest BCUT2D eigenvalue weighted by Crippen LogP contribution is -2.06. The third-order valence-corrected chi connectivity index (χ3v) is 4.67. The molecule has 4 aromatic rings. The summed E-state index contributed by atoms with van der Waals surface area (Å²) in [5.74, 6) is 0.721. The highest BCUT2D eigenvalue weighted by Gasteiger charge is 2.19. The van der Waals surface area contributed by atoms with Crippen LogP contribution in [0.1, 0.15) is 16.4 Å². The van der Waals surface area contributed by atoms with Crippen molar-refractivity contribution in [1.29, 1.82) is 0 Å². The molecule has 0 amide bonds. The molecule has 0 unspecified atom stereocenters. The summed E-state index contributed by atoms with van der Waals surface area (Å²) in [7, 11) is 1.59. The molecule has 0 N–H and O–H groups in total. The standard InChI is InChI=1S/C19H16N4O4S/c1-25-13-7-5-6-12(10-13)17-20-15(27-22-17)11-26-18(24)16-14-8-3-4-9-23(14)19(21-16)28-2/h3-10H,11H2,1-2H3. The molecule has 3 heterocycles. The number of rotatable bonds is 6. The number of imidazole rings is 1. The number of methoxy groups -OCH3 is 1. The number of hydrogen-bond acceptors (Lipinski definition) is 8. The van der Waals surface area contributed by atoms with E-state index < -0.39 is 5.97 Å². The molecule has 0 atom stereocenters. The molecule has 0 fully saturated rings. The third kappa shape index (κ3) is 3.44. The molecule has 0 saturated heterocycles. The van der Waals surface area contributed by atoms with Gasteiger partial charge < -0.3 is 14.0 Å².